The zero-order valence-corrected chi connectivity index (χ0v) is 15.3. The van der Waals surface area contributed by atoms with Crippen molar-refractivity contribution in [2.75, 3.05) is 26.7 Å². The first-order chi connectivity index (χ1) is 10.8. The molecule has 5 nitrogen and oxygen atoms in total. The maximum atomic E-state index is 12.6. The van der Waals surface area contributed by atoms with Gasteiger partial charge < -0.3 is 10.1 Å². The fourth-order valence-electron chi connectivity index (χ4n) is 3.03. The highest BCUT2D eigenvalue weighted by Gasteiger charge is 2.21. The Morgan fingerprint density at radius 2 is 2.13 bits per heavy atom. The molecule has 1 atom stereocenters. The summed E-state index contributed by atoms with van der Waals surface area (Å²) in [5.74, 6) is 1.51. The van der Waals surface area contributed by atoms with Gasteiger partial charge in [-0.1, -0.05) is 13.8 Å². The van der Waals surface area contributed by atoms with Gasteiger partial charge >= 0.3 is 0 Å². The Balaban J connectivity index is 2.16. The van der Waals surface area contributed by atoms with Crippen molar-refractivity contribution in [1.29, 1.82) is 0 Å². The minimum absolute atomic E-state index is 0.198. The third kappa shape index (κ3) is 4.46. The minimum atomic E-state index is -3.49. The lowest BCUT2D eigenvalue weighted by Gasteiger charge is -2.17. The molecule has 0 amide bonds. The normalized spacial score (nSPS) is 18.6. The van der Waals surface area contributed by atoms with E-state index in [1.807, 2.05) is 26.8 Å². The fourth-order valence-corrected chi connectivity index (χ4v) is 4.34. The predicted octanol–water partition coefficient (Wildman–Crippen LogP) is 2.40. The number of methoxy groups -OCH3 is 1. The Hall–Kier alpha value is -1.11. The van der Waals surface area contributed by atoms with Crippen LogP contribution in [0.3, 0.4) is 0 Å². The van der Waals surface area contributed by atoms with Crippen molar-refractivity contribution in [2.24, 2.45) is 5.92 Å². The maximum Gasteiger partial charge on any atom is 0.240 e. The smallest absolute Gasteiger partial charge is 0.240 e. The van der Waals surface area contributed by atoms with E-state index in [2.05, 4.69) is 10.0 Å². The fraction of sp³-hybridized carbons (Fsp3) is 0.647. The maximum absolute atomic E-state index is 12.6. The number of aryl methyl sites for hydroxylation is 1. The van der Waals surface area contributed by atoms with Gasteiger partial charge in [-0.2, -0.15) is 0 Å². The highest BCUT2D eigenvalue weighted by Crippen LogP contribution is 2.31. The third-order valence-electron chi connectivity index (χ3n) is 4.45. The van der Waals surface area contributed by atoms with Crippen LogP contribution >= 0.6 is 0 Å². The Kier molecular flexibility index (Phi) is 6.06. The Bertz CT molecular complexity index is 635. The average molecular weight is 340 g/mol. The van der Waals surface area contributed by atoms with E-state index >= 15 is 0 Å². The summed E-state index contributed by atoms with van der Waals surface area (Å²) in [6.45, 7) is 8.38. The minimum Gasteiger partial charge on any atom is -0.496 e. The van der Waals surface area contributed by atoms with Gasteiger partial charge in [-0.05, 0) is 68.0 Å². The van der Waals surface area contributed by atoms with Gasteiger partial charge in [0.15, 0.2) is 0 Å². The van der Waals surface area contributed by atoms with Crippen molar-refractivity contribution in [3.8, 4) is 5.75 Å². The topological polar surface area (TPSA) is 67.4 Å². The van der Waals surface area contributed by atoms with Crippen molar-refractivity contribution in [2.45, 2.75) is 44.4 Å². The standard InChI is InChI=1S/C17H28N2O3S/c1-12(2)15-10-17(13(3)9-16(15)22-4)23(20,21)19-8-6-14-5-7-18-11-14/h9-10,12,14,18-19H,5-8,11H2,1-4H3. The number of nitrogens with one attached hydrogen (secondary N) is 2. The number of hydrogen-bond donors (Lipinski definition) is 2. The molecule has 1 aliphatic rings. The highest BCUT2D eigenvalue weighted by molar-refractivity contribution is 7.89. The van der Waals surface area contributed by atoms with Crippen LogP contribution in [0.1, 0.15) is 43.7 Å². The van der Waals surface area contributed by atoms with Crippen molar-refractivity contribution in [3.63, 3.8) is 0 Å². The van der Waals surface area contributed by atoms with Gasteiger partial charge in [-0.15, -0.1) is 0 Å². The summed E-state index contributed by atoms with van der Waals surface area (Å²) in [6.07, 6.45) is 2.00. The molecule has 1 aromatic carbocycles. The summed E-state index contributed by atoms with van der Waals surface area (Å²) < 4.78 is 33.4. The first-order valence-electron chi connectivity index (χ1n) is 8.24. The number of benzene rings is 1. The van der Waals surface area contributed by atoms with Gasteiger partial charge in [-0.3, -0.25) is 0 Å². The molecule has 130 valence electrons. The second-order valence-corrected chi connectivity index (χ2v) is 8.30. The molecule has 1 heterocycles. The van der Waals surface area contributed by atoms with Gasteiger partial charge in [-0.25, -0.2) is 13.1 Å². The number of rotatable bonds is 7. The highest BCUT2D eigenvalue weighted by atomic mass is 32.2. The lowest BCUT2D eigenvalue weighted by Crippen LogP contribution is -2.27. The molecule has 0 aliphatic carbocycles. The monoisotopic (exact) mass is 340 g/mol. The quantitative estimate of drug-likeness (QED) is 0.800. The molecule has 0 aromatic heterocycles. The molecule has 0 spiro atoms. The molecule has 2 rings (SSSR count). The average Bonchev–Trinajstić information content (AvgIpc) is 2.99. The Morgan fingerprint density at radius 3 is 2.70 bits per heavy atom. The summed E-state index contributed by atoms with van der Waals surface area (Å²) in [6, 6.07) is 3.56. The molecule has 0 bridgehead atoms. The van der Waals surface area contributed by atoms with Gasteiger partial charge in [0.05, 0.1) is 12.0 Å². The number of sulfonamides is 1. The van der Waals surface area contributed by atoms with Crippen LogP contribution in [0.4, 0.5) is 0 Å². The summed E-state index contributed by atoms with van der Waals surface area (Å²) in [7, 11) is -1.88. The Labute approximate surface area is 139 Å². The summed E-state index contributed by atoms with van der Waals surface area (Å²) in [5, 5.41) is 3.30. The number of ether oxygens (including phenoxy) is 1. The SMILES string of the molecule is COc1cc(C)c(S(=O)(=O)NCCC2CCNC2)cc1C(C)C. The molecule has 1 saturated heterocycles. The molecule has 1 aromatic rings. The van der Waals surface area contributed by atoms with E-state index in [1.165, 1.54) is 0 Å². The molecule has 1 unspecified atom stereocenters. The second kappa shape index (κ2) is 7.64. The van der Waals surface area contributed by atoms with E-state index in [-0.39, 0.29) is 5.92 Å². The second-order valence-electron chi connectivity index (χ2n) is 6.56. The van der Waals surface area contributed by atoms with Crippen LogP contribution in [0, 0.1) is 12.8 Å². The molecule has 1 aliphatic heterocycles. The summed E-state index contributed by atoms with van der Waals surface area (Å²) in [4.78, 5) is 0.353. The largest absolute Gasteiger partial charge is 0.496 e. The van der Waals surface area contributed by atoms with Gasteiger partial charge in [0.2, 0.25) is 10.0 Å². The van der Waals surface area contributed by atoms with Crippen molar-refractivity contribution < 1.29 is 13.2 Å². The van der Waals surface area contributed by atoms with Crippen LogP contribution in [0.15, 0.2) is 17.0 Å². The molecule has 0 radical (unpaired) electrons. The lowest BCUT2D eigenvalue weighted by molar-refractivity contribution is 0.406. The van der Waals surface area contributed by atoms with Crippen LogP contribution in [0.5, 0.6) is 5.75 Å². The van der Waals surface area contributed by atoms with E-state index in [0.717, 1.165) is 37.2 Å². The molecule has 0 saturated carbocycles. The van der Waals surface area contributed by atoms with Gasteiger partial charge in [0, 0.05) is 6.54 Å². The molecule has 6 heteroatoms. The molecular formula is C17H28N2O3S. The van der Waals surface area contributed by atoms with Crippen molar-refractivity contribution in [3.05, 3.63) is 23.3 Å². The van der Waals surface area contributed by atoms with Crippen LogP contribution in [-0.4, -0.2) is 35.2 Å². The Morgan fingerprint density at radius 1 is 1.39 bits per heavy atom. The first-order valence-corrected chi connectivity index (χ1v) is 9.72. The van der Waals surface area contributed by atoms with E-state index in [1.54, 1.807) is 13.2 Å². The van der Waals surface area contributed by atoms with Crippen molar-refractivity contribution >= 4 is 10.0 Å². The van der Waals surface area contributed by atoms with Crippen molar-refractivity contribution in [1.82, 2.24) is 10.0 Å². The zero-order chi connectivity index (χ0) is 17.0. The third-order valence-corrected chi connectivity index (χ3v) is 6.05. The van der Waals surface area contributed by atoms with Gasteiger partial charge in [0.25, 0.3) is 0 Å². The van der Waals surface area contributed by atoms with Crippen LogP contribution in [0.25, 0.3) is 0 Å². The van der Waals surface area contributed by atoms with Crippen LogP contribution in [0.2, 0.25) is 0 Å². The van der Waals surface area contributed by atoms with E-state index in [4.69, 9.17) is 4.74 Å². The molecular weight excluding hydrogens is 312 g/mol. The van der Waals surface area contributed by atoms with Crippen LogP contribution < -0.4 is 14.8 Å². The van der Waals surface area contributed by atoms with Gasteiger partial charge in [0.1, 0.15) is 5.75 Å². The molecule has 1 fully saturated rings. The summed E-state index contributed by atoms with van der Waals surface area (Å²) >= 11 is 0. The van der Waals surface area contributed by atoms with E-state index in [9.17, 15) is 8.42 Å². The van der Waals surface area contributed by atoms with Crippen LogP contribution in [-0.2, 0) is 10.0 Å². The zero-order valence-electron chi connectivity index (χ0n) is 14.5. The van der Waals surface area contributed by atoms with E-state index < -0.39 is 10.0 Å². The molecule has 2 N–H and O–H groups in total. The molecule has 23 heavy (non-hydrogen) atoms. The van der Waals surface area contributed by atoms with E-state index in [0.29, 0.717) is 22.9 Å². The first kappa shape index (κ1) is 18.2. The summed E-state index contributed by atoms with van der Waals surface area (Å²) in [5.41, 5.74) is 1.62. The predicted molar refractivity (Wildman–Crippen MR) is 92.6 cm³/mol. The number of hydrogen-bond acceptors (Lipinski definition) is 4. The lowest BCUT2D eigenvalue weighted by atomic mass is 10.0.